The summed E-state index contributed by atoms with van der Waals surface area (Å²) in [6, 6.07) is 7.78. The van der Waals surface area contributed by atoms with Gasteiger partial charge >= 0.3 is 0 Å². The largest absolute Gasteiger partial charge is 0.384 e. The van der Waals surface area contributed by atoms with Gasteiger partial charge in [0.25, 0.3) is 0 Å². The van der Waals surface area contributed by atoms with Gasteiger partial charge in [-0.3, -0.25) is 5.41 Å². The zero-order valence-electron chi connectivity index (χ0n) is 11.7. The number of nitrogens with two attached hydrogens (primary N) is 1. The zero-order chi connectivity index (χ0) is 13.7. The number of nitrogens with one attached hydrogen (secondary N) is 1. The highest BCUT2D eigenvalue weighted by molar-refractivity contribution is 5.95. The third kappa shape index (κ3) is 4.06. The lowest BCUT2D eigenvalue weighted by Crippen LogP contribution is -2.22. The first kappa shape index (κ1) is 14.1. The summed E-state index contributed by atoms with van der Waals surface area (Å²) in [5.74, 6) is 0.952. The molecule has 1 aliphatic carbocycles. The van der Waals surface area contributed by atoms with Crippen LogP contribution in [0.1, 0.15) is 50.2 Å². The number of amidine groups is 1. The van der Waals surface area contributed by atoms with Crippen molar-refractivity contribution in [3.63, 3.8) is 0 Å². The third-order valence-corrected chi connectivity index (χ3v) is 4.04. The number of hydrogen-bond acceptors (Lipinski definition) is 2. The summed E-state index contributed by atoms with van der Waals surface area (Å²) in [5, 5.41) is 7.45. The molecule has 3 heteroatoms. The van der Waals surface area contributed by atoms with Crippen LogP contribution in [0, 0.1) is 11.3 Å². The van der Waals surface area contributed by atoms with Gasteiger partial charge in [0, 0.05) is 5.56 Å². The van der Waals surface area contributed by atoms with Crippen LogP contribution in [0.15, 0.2) is 24.3 Å². The summed E-state index contributed by atoms with van der Waals surface area (Å²) >= 11 is 0. The van der Waals surface area contributed by atoms with Crippen molar-refractivity contribution in [3.8, 4) is 0 Å². The topological polar surface area (TPSA) is 59.1 Å². The molecule has 3 N–H and O–H groups in total. The Balaban J connectivity index is 1.88. The number of hydrogen-bond donors (Lipinski definition) is 2. The lowest BCUT2D eigenvalue weighted by molar-refractivity contribution is 0.00177. The Morgan fingerprint density at radius 2 is 2.26 bits per heavy atom. The van der Waals surface area contributed by atoms with Gasteiger partial charge in [-0.2, -0.15) is 0 Å². The molecule has 0 bridgehead atoms. The molecular formula is C16H24N2O. The summed E-state index contributed by atoms with van der Waals surface area (Å²) in [6.45, 7) is 2.89. The van der Waals surface area contributed by atoms with Crippen LogP contribution in [-0.4, -0.2) is 11.9 Å². The van der Waals surface area contributed by atoms with E-state index in [-0.39, 0.29) is 5.84 Å². The van der Waals surface area contributed by atoms with E-state index in [0.29, 0.717) is 12.7 Å². The smallest absolute Gasteiger partial charge is 0.122 e. The highest BCUT2D eigenvalue weighted by Crippen LogP contribution is 2.28. The Morgan fingerprint density at radius 1 is 1.42 bits per heavy atom. The molecule has 1 saturated carbocycles. The van der Waals surface area contributed by atoms with Crippen molar-refractivity contribution in [3.05, 3.63) is 35.4 Å². The van der Waals surface area contributed by atoms with Gasteiger partial charge in [-0.25, -0.2) is 0 Å². The summed E-state index contributed by atoms with van der Waals surface area (Å²) in [5.41, 5.74) is 7.38. The predicted molar refractivity (Wildman–Crippen MR) is 78.3 cm³/mol. The Hall–Kier alpha value is -1.35. The molecule has 2 unspecified atom stereocenters. The Morgan fingerprint density at radius 3 is 3.00 bits per heavy atom. The van der Waals surface area contributed by atoms with E-state index < -0.39 is 0 Å². The molecule has 2 atom stereocenters. The van der Waals surface area contributed by atoms with E-state index >= 15 is 0 Å². The number of ether oxygens (including phenoxy) is 1. The van der Waals surface area contributed by atoms with E-state index in [4.69, 9.17) is 15.9 Å². The minimum Gasteiger partial charge on any atom is -0.384 e. The first-order valence-electron chi connectivity index (χ1n) is 7.24. The molecule has 0 spiro atoms. The number of benzene rings is 1. The van der Waals surface area contributed by atoms with Crippen molar-refractivity contribution in [2.24, 2.45) is 11.7 Å². The van der Waals surface area contributed by atoms with Crippen LogP contribution in [0.2, 0.25) is 0 Å². The van der Waals surface area contributed by atoms with E-state index in [1.165, 1.54) is 32.1 Å². The van der Waals surface area contributed by atoms with Crippen molar-refractivity contribution in [1.29, 1.82) is 5.41 Å². The fourth-order valence-corrected chi connectivity index (χ4v) is 2.81. The maximum absolute atomic E-state index is 7.45. The van der Waals surface area contributed by atoms with Crippen molar-refractivity contribution >= 4 is 5.84 Å². The first-order valence-corrected chi connectivity index (χ1v) is 7.24. The molecule has 0 aliphatic heterocycles. The zero-order valence-corrected chi connectivity index (χ0v) is 11.7. The molecule has 0 aromatic heterocycles. The highest BCUT2D eigenvalue weighted by Gasteiger charge is 2.21. The van der Waals surface area contributed by atoms with Gasteiger partial charge in [0.05, 0.1) is 12.7 Å². The quantitative estimate of drug-likeness (QED) is 0.629. The van der Waals surface area contributed by atoms with Crippen molar-refractivity contribution in [2.75, 3.05) is 0 Å². The maximum atomic E-state index is 7.45. The molecule has 0 heterocycles. The minimum absolute atomic E-state index is 0.116. The van der Waals surface area contributed by atoms with Gasteiger partial charge in [-0.05, 0) is 30.4 Å². The molecule has 19 heavy (non-hydrogen) atoms. The van der Waals surface area contributed by atoms with Crippen molar-refractivity contribution < 1.29 is 4.74 Å². The van der Waals surface area contributed by atoms with E-state index in [0.717, 1.165) is 17.0 Å². The molecule has 1 aliphatic rings. The van der Waals surface area contributed by atoms with E-state index in [2.05, 4.69) is 6.92 Å². The van der Waals surface area contributed by atoms with Crippen LogP contribution in [0.25, 0.3) is 0 Å². The second kappa shape index (κ2) is 6.71. The van der Waals surface area contributed by atoms with Gasteiger partial charge in [0.2, 0.25) is 0 Å². The monoisotopic (exact) mass is 260 g/mol. The average Bonchev–Trinajstić information content (AvgIpc) is 2.45. The number of rotatable bonds is 5. The molecular weight excluding hydrogens is 236 g/mol. The predicted octanol–water partition coefficient (Wildman–Crippen LogP) is 3.46. The van der Waals surface area contributed by atoms with E-state index in [1.54, 1.807) is 0 Å². The molecule has 0 saturated heterocycles. The van der Waals surface area contributed by atoms with Gasteiger partial charge in [0.1, 0.15) is 5.84 Å². The number of nitrogen functional groups attached to an aromatic ring is 1. The average molecular weight is 260 g/mol. The van der Waals surface area contributed by atoms with Crippen LogP contribution in [0.4, 0.5) is 0 Å². The molecule has 0 amide bonds. The molecule has 104 valence electrons. The molecule has 1 fully saturated rings. The van der Waals surface area contributed by atoms with Gasteiger partial charge in [-0.15, -0.1) is 0 Å². The van der Waals surface area contributed by atoms with E-state index in [9.17, 15) is 0 Å². The van der Waals surface area contributed by atoms with Gasteiger partial charge in [0.15, 0.2) is 0 Å². The normalized spacial score (nSPS) is 23.2. The lowest BCUT2D eigenvalue weighted by atomic mass is 9.85. The Kier molecular flexibility index (Phi) is 4.97. The first-order chi connectivity index (χ1) is 9.19. The fourth-order valence-electron chi connectivity index (χ4n) is 2.81. The summed E-state index contributed by atoms with van der Waals surface area (Å²) in [6.07, 6.45) is 6.69. The second-order valence-corrected chi connectivity index (χ2v) is 5.49. The fraction of sp³-hybridized carbons (Fsp3) is 0.562. The van der Waals surface area contributed by atoms with Crippen LogP contribution in [0.3, 0.4) is 0 Å². The lowest BCUT2D eigenvalue weighted by Gasteiger charge is -2.28. The molecule has 1 aromatic carbocycles. The molecule has 1 aromatic rings. The Bertz CT molecular complexity index is 431. The Labute approximate surface area is 115 Å². The second-order valence-electron chi connectivity index (χ2n) is 5.49. The van der Waals surface area contributed by atoms with Gasteiger partial charge < -0.3 is 10.5 Å². The van der Waals surface area contributed by atoms with Crippen LogP contribution < -0.4 is 5.73 Å². The van der Waals surface area contributed by atoms with Crippen LogP contribution >= 0.6 is 0 Å². The third-order valence-electron chi connectivity index (χ3n) is 4.04. The molecule has 2 rings (SSSR count). The van der Waals surface area contributed by atoms with Crippen LogP contribution in [0.5, 0.6) is 0 Å². The maximum Gasteiger partial charge on any atom is 0.122 e. The van der Waals surface area contributed by atoms with Crippen molar-refractivity contribution in [1.82, 2.24) is 0 Å². The highest BCUT2D eigenvalue weighted by atomic mass is 16.5. The van der Waals surface area contributed by atoms with Gasteiger partial charge in [-0.1, -0.05) is 44.4 Å². The SMILES string of the molecule is CCC1CCCC(OCc2cccc(C(=N)N)c2)C1. The summed E-state index contributed by atoms with van der Waals surface area (Å²) < 4.78 is 6.02. The summed E-state index contributed by atoms with van der Waals surface area (Å²) in [4.78, 5) is 0. The molecule has 3 nitrogen and oxygen atoms in total. The van der Waals surface area contributed by atoms with E-state index in [1.807, 2.05) is 24.3 Å². The van der Waals surface area contributed by atoms with Crippen molar-refractivity contribution in [2.45, 2.75) is 51.7 Å². The summed E-state index contributed by atoms with van der Waals surface area (Å²) in [7, 11) is 0. The standard InChI is InChI=1S/C16H24N2O/c1-2-12-5-4-8-15(10-12)19-11-13-6-3-7-14(9-13)16(17)18/h3,6-7,9,12,15H,2,4-5,8,10-11H2,1H3,(H3,17,18). The minimum atomic E-state index is 0.116. The van der Waals surface area contributed by atoms with Crippen LogP contribution in [-0.2, 0) is 11.3 Å². The molecule has 0 radical (unpaired) electrons.